The Morgan fingerprint density at radius 3 is 2.83 bits per heavy atom. The lowest BCUT2D eigenvalue weighted by molar-refractivity contribution is 0.0553. The number of carbonyl (C=O) groups is 1. The first kappa shape index (κ1) is 18.4. The second-order valence-corrected chi connectivity index (χ2v) is 8.83. The van der Waals surface area contributed by atoms with Crippen molar-refractivity contribution in [3.63, 3.8) is 0 Å². The van der Waals surface area contributed by atoms with Crippen LogP contribution < -0.4 is 4.74 Å². The number of aromatic nitrogens is 2. The van der Waals surface area contributed by atoms with Gasteiger partial charge in [-0.15, -0.1) is 11.3 Å². The fourth-order valence-corrected chi connectivity index (χ4v) is 5.19. The minimum absolute atomic E-state index is 0.102. The summed E-state index contributed by atoms with van der Waals surface area (Å²) in [5, 5.41) is 3.10. The van der Waals surface area contributed by atoms with E-state index in [0.717, 1.165) is 41.8 Å². The van der Waals surface area contributed by atoms with Crippen LogP contribution in [0.1, 0.15) is 32.8 Å². The minimum atomic E-state index is 0.102. The maximum Gasteiger partial charge on any atom is 0.271 e. The third-order valence-electron chi connectivity index (χ3n) is 5.89. The first-order chi connectivity index (χ1) is 14.1. The number of thiazole rings is 1. The molecule has 0 radical (unpaired) electrons. The number of benzene rings is 1. The molecule has 6 nitrogen and oxygen atoms in total. The first-order valence-corrected chi connectivity index (χ1v) is 10.7. The molecule has 7 heteroatoms. The van der Waals surface area contributed by atoms with E-state index in [0.29, 0.717) is 6.54 Å². The van der Waals surface area contributed by atoms with E-state index in [1.165, 1.54) is 5.56 Å². The summed E-state index contributed by atoms with van der Waals surface area (Å²) in [5.74, 6) is 0.979. The summed E-state index contributed by atoms with van der Waals surface area (Å²) in [6.45, 7) is 5.20. The molecule has 2 atom stereocenters. The Kier molecular flexibility index (Phi) is 4.64. The minimum Gasteiger partial charge on any atom is -0.497 e. The van der Waals surface area contributed by atoms with E-state index >= 15 is 0 Å². The van der Waals surface area contributed by atoms with Gasteiger partial charge >= 0.3 is 0 Å². The Bertz CT molecular complexity index is 1040. The monoisotopic (exact) mass is 408 g/mol. The molecule has 0 aliphatic carbocycles. The van der Waals surface area contributed by atoms with Gasteiger partial charge in [0.15, 0.2) is 0 Å². The lowest BCUT2D eigenvalue weighted by Gasteiger charge is -2.38. The smallest absolute Gasteiger partial charge is 0.271 e. The molecule has 1 fully saturated rings. The molecule has 1 saturated heterocycles. The molecule has 3 aromatic rings. The molecular weight excluding hydrogens is 384 g/mol. The van der Waals surface area contributed by atoms with Crippen LogP contribution in [0.15, 0.2) is 48.0 Å². The van der Waals surface area contributed by atoms with Crippen LogP contribution in [0.5, 0.6) is 5.75 Å². The topological polar surface area (TPSA) is 50.6 Å². The van der Waals surface area contributed by atoms with Gasteiger partial charge < -0.3 is 14.2 Å². The summed E-state index contributed by atoms with van der Waals surface area (Å²) in [6, 6.07) is 12.5. The molecule has 0 bridgehead atoms. The third-order valence-corrected chi connectivity index (χ3v) is 6.71. The van der Waals surface area contributed by atoms with Crippen LogP contribution in [0.25, 0.3) is 0 Å². The van der Waals surface area contributed by atoms with Gasteiger partial charge in [-0.3, -0.25) is 9.69 Å². The number of ether oxygens (including phenoxy) is 1. The summed E-state index contributed by atoms with van der Waals surface area (Å²) >= 11 is 1.64. The third kappa shape index (κ3) is 3.34. The second-order valence-electron chi connectivity index (χ2n) is 7.77. The van der Waals surface area contributed by atoms with Crippen molar-refractivity contribution < 1.29 is 9.53 Å². The Labute approximate surface area is 174 Å². The van der Waals surface area contributed by atoms with Crippen molar-refractivity contribution in [3.8, 4) is 5.75 Å². The highest BCUT2D eigenvalue weighted by atomic mass is 32.1. The predicted molar refractivity (Wildman–Crippen MR) is 112 cm³/mol. The summed E-state index contributed by atoms with van der Waals surface area (Å²) in [6.07, 6.45) is 2.05. The average Bonchev–Trinajstić information content (AvgIpc) is 3.45. The van der Waals surface area contributed by atoms with Crippen molar-refractivity contribution in [1.82, 2.24) is 19.4 Å². The molecule has 4 heterocycles. The number of amides is 1. The number of aryl methyl sites for hydroxylation is 1. The van der Waals surface area contributed by atoms with E-state index in [-0.39, 0.29) is 18.0 Å². The highest BCUT2D eigenvalue weighted by Crippen LogP contribution is 2.35. The first-order valence-electron chi connectivity index (χ1n) is 9.86. The van der Waals surface area contributed by atoms with Gasteiger partial charge in [0.1, 0.15) is 11.4 Å². The van der Waals surface area contributed by atoms with Crippen LogP contribution in [-0.4, -0.2) is 51.5 Å². The van der Waals surface area contributed by atoms with Crippen LogP contribution in [0.4, 0.5) is 0 Å². The zero-order valence-corrected chi connectivity index (χ0v) is 17.4. The van der Waals surface area contributed by atoms with Crippen molar-refractivity contribution in [2.24, 2.45) is 0 Å². The number of hydrogen-bond acceptors (Lipinski definition) is 5. The largest absolute Gasteiger partial charge is 0.497 e. The van der Waals surface area contributed by atoms with E-state index in [1.54, 1.807) is 18.4 Å². The van der Waals surface area contributed by atoms with Gasteiger partial charge in [-0.2, -0.15) is 0 Å². The van der Waals surface area contributed by atoms with Crippen molar-refractivity contribution >= 4 is 17.2 Å². The summed E-state index contributed by atoms with van der Waals surface area (Å²) in [5.41, 5.74) is 2.98. The highest BCUT2D eigenvalue weighted by Gasteiger charge is 2.45. The number of hydrogen-bond donors (Lipinski definition) is 0. The van der Waals surface area contributed by atoms with Gasteiger partial charge in [0.05, 0.1) is 36.4 Å². The van der Waals surface area contributed by atoms with Crippen molar-refractivity contribution in [3.05, 3.63) is 69.9 Å². The van der Waals surface area contributed by atoms with Crippen LogP contribution >= 0.6 is 11.3 Å². The normalized spacial score (nSPS) is 21.3. The van der Waals surface area contributed by atoms with Gasteiger partial charge in [-0.05, 0) is 36.8 Å². The van der Waals surface area contributed by atoms with Gasteiger partial charge in [0, 0.05) is 31.2 Å². The number of carbonyl (C=O) groups excluding carboxylic acids is 1. The van der Waals surface area contributed by atoms with Crippen molar-refractivity contribution in [2.75, 3.05) is 20.2 Å². The van der Waals surface area contributed by atoms with Crippen LogP contribution in [-0.2, 0) is 13.1 Å². The molecule has 1 aromatic carbocycles. The van der Waals surface area contributed by atoms with E-state index in [9.17, 15) is 4.79 Å². The molecule has 0 spiro atoms. The van der Waals surface area contributed by atoms with Crippen LogP contribution in [0, 0.1) is 6.92 Å². The molecule has 1 amide bonds. The number of methoxy groups -OCH3 is 1. The number of nitrogens with zero attached hydrogens (tertiary/aromatic N) is 4. The molecule has 29 heavy (non-hydrogen) atoms. The molecule has 2 aliphatic heterocycles. The SMILES string of the molecule is COc1cccc(CN2C[C@H]3[C@H](C2)n2cccc2C(=O)N3Cc2csc(C)n2)c1. The van der Waals surface area contributed by atoms with Gasteiger partial charge in [-0.25, -0.2) is 4.98 Å². The molecule has 2 aliphatic rings. The second kappa shape index (κ2) is 7.31. The Balaban J connectivity index is 1.41. The highest BCUT2D eigenvalue weighted by molar-refractivity contribution is 7.09. The quantitative estimate of drug-likeness (QED) is 0.650. The Morgan fingerprint density at radius 2 is 2.03 bits per heavy atom. The van der Waals surface area contributed by atoms with E-state index in [4.69, 9.17) is 4.74 Å². The summed E-state index contributed by atoms with van der Waals surface area (Å²) in [7, 11) is 1.70. The molecule has 150 valence electrons. The number of rotatable bonds is 5. The predicted octanol–water partition coefficient (Wildman–Crippen LogP) is 3.34. The standard InChI is InChI=1S/C22H24N4O2S/c1-15-23-17(14-29-15)11-26-21-13-24(10-16-5-3-6-18(9-16)28-2)12-20(21)25-8-4-7-19(25)22(26)27/h3-9,14,20-21H,10-13H2,1-2H3/t20-,21-/m0/s1. The van der Waals surface area contributed by atoms with Crippen LogP contribution in [0.2, 0.25) is 0 Å². The number of likely N-dealkylation sites (tertiary alicyclic amines) is 1. The van der Waals surface area contributed by atoms with Gasteiger partial charge in [0.25, 0.3) is 5.91 Å². The average molecular weight is 409 g/mol. The molecule has 0 N–H and O–H groups in total. The maximum absolute atomic E-state index is 13.2. The van der Waals surface area contributed by atoms with E-state index < -0.39 is 0 Å². The van der Waals surface area contributed by atoms with Gasteiger partial charge in [-0.1, -0.05) is 12.1 Å². The Morgan fingerprint density at radius 1 is 1.17 bits per heavy atom. The fraction of sp³-hybridized carbons (Fsp3) is 0.364. The van der Waals surface area contributed by atoms with Gasteiger partial charge in [0.2, 0.25) is 0 Å². The van der Waals surface area contributed by atoms with Crippen molar-refractivity contribution in [2.45, 2.75) is 32.1 Å². The molecular formula is C22H24N4O2S. The fourth-order valence-electron chi connectivity index (χ4n) is 4.59. The number of fused-ring (bicyclic) bond motifs is 3. The summed E-state index contributed by atoms with van der Waals surface area (Å²) < 4.78 is 7.54. The summed E-state index contributed by atoms with van der Waals surface area (Å²) in [4.78, 5) is 22.3. The molecule has 5 rings (SSSR count). The molecule has 0 unspecified atom stereocenters. The zero-order chi connectivity index (χ0) is 20.0. The molecule has 2 aromatic heterocycles. The lowest BCUT2D eigenvalue weighted by Crippen LogP contribution is -2.49. The maximum atomic E-state index is 13.2. The van der Waals surface area contributed by atoms with E-state index in [2.05, 4.69) is 32.0 Å². The molecule has 0 saturated carbocycles. The Hall–Kier alpha value is -2.64. The lowest BCUT2D eigenvalue weighted by atomic mass is 10.1. The zero-order valence-electron chi connectivity index (χ0n) is 16.6. The van der Waals surface area contributed by atoms with Crippen molar-refractivity contribution in [1.29, 1.82) is 0 Å². The van der Waals surface area contributed by atoms with E-state index in [1.807, 2.05) is 42.3 Å². The van der Waals surface area contributed by atoms with Crippen LogP contribution in [0.3, 0.4) is 0 Å².